The monoisotopic (exact) mass is 526 g/mol. The van der Waals surface area contributed by atoms with Crippen molar-refractivity contribution >= 4 is 49.6 Å². The number of ether oxygens (including phenoxy) is 1. The molecule has 0 aliphatic carbocycles. The number of benzene rings is 3. The molecular formula is C24H20Br2N2O2. The number of carbonyl (C=O) groups is 1. The standard InChI is InChI=1S/C24H20Br2N2O2/c1-17-14-20(25)15-21(26)24(17)30-16-23(29)28-27-22(19-10-6-3-7-11-19)13-12-18-8-4-2-5-9-18/h2-15H,16H2,1H3,(H,28,29)/b13-12+,27-22+. The Balaban J connectivity index is 1.71. The third-order valence-electron chi connectivity index (χ3n) is 4.15. The van der Waals surface area contributed by atoms with Gasteiger partial charge in [-0.3, -0.25) is 4.79 Å². The van der Waals surface area contributed by atoms with Gasteiger partial charge in [0, 0.05) is 10.0 Å². The smallest absolute Gasteiger partial charge is 0.277 e. The summed E-state index contributed by atoms with van der Waals surface area (Å²) in [5, 5.41) is 4.31. The first-order valence-electron chi connectivity index (χ1n) is 9.26. The molecule has 0 heterocycles. The highest BCUT2D eigenvalue weighted by molar-refractivity contribution is 9.11. The van der Waals surface area contributed by atoms with Crippen LogP contribution in [0.5, 0.6) is 5.75 Å². The van der Waals surface area contributed by atoms with E-state index in [-0.39, 0.29) is 12.5 Å². The van der Waals surface area contributed by atoms with Crippen LogP contribution in [0, 0.1) is 6.92 Å². The van der Waals surface area contributed by atoms with Crippen molar-refractivity contribution in [3.63, 3.8) is 0 Å². The van der Waals surface area contributed by atoms with Crippen LogP contribution in [0.1, 0.15) is 16.7 Å². The van der Waals surface area contributed by atoms with Crippen molar-refractivity contribution in [1.29, 1.82) is 0 Å². The average Bonchev–Trinajstić information content (AvgIpc) is 2.74. The molecule has 0 aromatic heterocycles. The molecule has 6 heteroatoms. The van der Waals surface area contributed by atoms with Crippen LogP contribution in [0.3, 0.4) is 0 Å². The molecular weight excluding hydrogens is 508 g/mol. The molecule has 1 N–H and O–H groups in total. The Morgan fingerprint density at radius 2 is 1.70 bits per heavy atom. The van der Waals surface area contributed by atoms with E-state index in [1.54, 1.807) is 0 Å². The van der Waals surface area contributed by atoms with Gasteiger partial charge in [-0.25, -0.2) is 5.43 Å². The van der Waals surface area contributed by atoms with E-state index in [9.17, 15) is 4.79 Å². The van der Waals surface area contributed by atoms with Crippen molar-refractivity contribution in [3.05, 3.63) is 105 Å². The molecule has 0 fully saturated rings. The van der Waals surface area contributed by atoms with Crippen molar-refractivity contribution in [3.8, 4) is 5.75 Å². The fourth-order valence-electron chi connectivity index (χ4n) is 2.71. The third kappa shape index (κ3) is 6.40. The fourth-order valence-corrected chi connectivity index (χ4v) is 4.26. The summed E-state index contributed by atoms with van der Waals surface area (Å²) in [6.07, 6.45) is 3.83. The first kappa shape index (κ1) is 22.0. The molecule has 0 atom stereocenters. The van der Waals surface area contributed by atoms with Gasteiger partial charge in [-0.05, 0) is 52.2 Å². The summed E-state index contributed by atoms with van der Waals surface area (Å²) >= 11 is 6.89. The summed E-state index contributed by atoms with van der Waals surface area (Å²) in [5.74, 6) is 0.287. The lowest BCUT2D eigenvalue weighted by molar-refractivity contribution is -0.123. The van der Waals surface area contributed by atoms with E-state index in [4.69, 9.17) is 4.74 Å². The predicted molar refractivity (Wildman–Crippen MR) is 129 cm³/mol. The van der Waals surface area contributed by atoms with Gasteiger partial charge in [0.15, 0.2) is 6.61 Å². The summed E-state index contributed by atoms with van der Waals surface area (Å²) < 4.78 is 7.40. The quantitative estimate of drug-likeness (QED) is 0.296. The zero-order valence-electron chi connectivity index (χ0n) is 16.3. The zero-order valence-corrected chi connectivity index (χ0v) is 19.5. The van der Waals surface area contributed by atoms with Crippen molar-refractivity contribution < 1.29 is 9.53 Å². The molecule has 3 aromatic rings. The van der Waals surface area contributed by atoms with Crippen molar-refractivity contribution in [2.24, 2.45) is 5.10 Å². The summed E-state index contributed by atoms with van der Waals surface area (Å²) in [7, 11) is 0. The van der Waals surface area contributed by atoms with Crippen molar-refractivity contribution in [2.45, 2.75) is 6.92 Å². The second kappa shape index (κ2) is 10.9. The molecule has 3 aromatic carbocycles. The van der Waals surface area contributed by atoms with Crippen LogP contribution < -0.4 is 10.2 Å². The Kier molecular flexibility index (Phi) is 7.99. The molecule has 0 aliphatic heterocycles. The molecule has 0 bridgehead atoms. The lowest BCUT2D eigenvalue weighted by atomic mass is 10.1. The Morgan fingerprint density at radius 3 is 2.37 bits per heavy atom. The van der Waals surface area contributed by atoms with E-state index in [1.807, 2.05) is 91.9 Å². The largest absolute Gasteiger partial charge is 0.482 e. The topological polar surface area (TPSA) is 50.7 Å². The van der Waals surface area contributed by atoms with Gasteiger partial charge in [0.2, 0.25) is 0 Å². The van der Waals surface area contributed by atoms with E-state index >= 15 is 0 Å². The maximum Gasteiger partial charge on any atom is 0.277 e. The summed E-state index contributed by atoms with van der Waals surface area (Å²) in [5.41, 5.74) is 6.10. The van der Waals surface area contributed by atoms with Gasteiger partial charge in [-0.1, -0.05) is 82.7 Å². The van der Waals surface area contributed by atoms with E-state index in [1.165, 1.54) is 0 Å². The minimum atomic E-state index is -0.342. The van der Waals surface area contributed by atoms with Crippen molar-refractivity contribution in [1.82, 2.24) is 5.43 Å². The van der Waals surface area contributed by atoms with Crippen LogP contribution in [0.2, 0.25) is 0 Å². The SMILES string of the molecule is Cc1cc(Br)cc(Br)c1OCC(=O)N/N=C(\C=C\c1ccccc1)c1ccccc1. The normalized spacial score (nSPS) is 11.5. The number of nitrogens with one attached hydrogen (secondary N) is 1. The summed E-state index contributed by atoms with van der Waals surface area (Å²) in [6, 6.07) is 23.4. The van der Waals surface area contributed by atoms with Crippen LogP contribution >= 0.6 is 31.9 Å². The molecule has 152 valence electrons. The molecule has 4 nitrogen and oxygen atoms in total. The molecule has 0 spiro atoms. The van der Waals surface area contributed by atoms with Gasteiger partial charge in [0.25, 0.3) is 5.91 Å². The Bertz CT molecular complexity index is 1040. The summed E-state index contributed by atoms with van der Waals surface area (Å²) in [6.45, 7) is 1.78. The number of nitrogens with zero attached hydrogens (tertiary/aromatic N) is 1. The van der Waals surface area contributed by atoms with E-state index in [2.05, 4.69) is 42.4 Å². The van der Waals surface area contributed by atoms with Gasteiger partial charge < -0.3 is 4.74 Å². The van der Waals surface area contributed by atoms with Gasteiger partial charge >= 0.3 is 0 Å². The highest BCUT2D eigenvalue weighted by Gasteiger charge is 2.10. The number of allylic oxidation sites excluding steroid dienone is 1. The lowest BCUT2D eigenvalue weighted by Crippen LogP contribution is -2.26. The van der Waals surface area contributed by atoms with E-state index < -0.39 is 0 Å². The molecule has 0 saturated heterocycles. The number of hydrogen-bond acceptors (Lipinski definition) is 3. The molecule has 0 aliphatic rings. The third-order valence-corrected chi connectivity index (χ3v) is 5.19. The number of rotatable bonds is 7. The number of aryl methyl sites for hydroxylation is 1. The van der Waals surface area contributed by atoms with Gasteiger partial charge in [-0.2, -0.15) is 5.10 Å². The fraction of sp³-hybridized carbons (Fsp3) is 0.0833. The first-order chi connectivity index (χ1) is 14.5. The van der Waals surface area contributed by atoms with Crippen LogP contribution in [-0.4, -0.2) is 18.2 Å². The number of amides is 1. The number of carbonyl (C=O) groups excluding carboxylic acids is 1. The van der Waals surface area contributed by atoms with E-state index in [0.29, 0.717) is 11.5 Å². The molecule has 0 unspecified atom stereocenters. The average molecular weight is 528 g/mol. The molecule has 0 saturated carbocycles. The number of hydrazone groups is 1. The Hall–Kier alpha value is -2.70. The maximum absolute atomic E-state index is 12.3. The zero-order chi connectivity index (χ0) is 21.3. The van der Waals surface area contributed by atoms with Crippen LogP contribution in [0.4, 0.5) is 0 Å². The maximum atomic E-state index is 12.3. The molecule has 3 rings (SSSR count). The van der Waals surface area contributed by atoms with Crippen LogP contribution in [0.25, 0.3) is 6.08 Å². The molecule has 1 amide bonds. The first-order valence-corrected chi connectivity index (χ1v) is 10.8. The van der Waals surface area contributed by atoms with Crippen molar-refractivity contribution in [2.75, 3.05) is 6.61 Å². The molecule has 30 heavy (non-hydrogen) atoms. The Labute approximate surface area is 192 Å². The summed E-state index contributed by atoms with van der Waals surface area (Å²) in [4.78, 5) is 12.3. The van der Waals surface area contributed by atoms with Gasteiger partial charge in [0.05, 0.1) is 10.2 Å². The minimum absolute atomic E-state index is 0.144. The second-order valence-corrected chi connectivity index (χ2v) is 8.23. The lowest BCUT2D eigenvalue weighted by Gasteiger charge is -2.11. The predicted octanol–water partition coefficient (Wildman–Crippen LogP) is 6.13. The minimum Gasteiger partial charge on any atom is -0.482 e. The van der Waals surface area contributed by atoms with E-state index in [0.717, 1.165) is 25.6 Å². The van der Waals surface area contributed by atoms with Crippen LogP contribution in [0.15, 0.2) is 92.9 Å². The van der Waals surface area contributed by atoms with Gasteiger partial charge in [-0.15, -0.1) is 0 Å². The highest BCUT2D eigenvalue weighted by atomic mass is 79.9. The van der Waals surface area contributed by atoms with Gasteiger partial charge in [0.1, 0.15) is 5.75 Å². The number of hydrogen-bond donors (Lipinski definition) is 1. The van der Waals surface area contributed by atoms with Crippen LogP contribution in [-0.2, 0) is 4.79 Å². The number of halogens is 2. The Morgan fingerprint density at radius 1 is 1.03 bits per heavy atom. The highest BCUT2D eigenvalue weighted by Crippen LogP contribution is 2.32. The second-order valence-electron chi connectivity index (χ2n) is 6.46. The molecule has 0 radical (unpaired) electrons.